The average Bonchev–Trinajstić information content (AvgIpc) is 2.77. The van der Waals surface area contributed by atoms with Gasteiger partial charge in [-0.1, -0.05) is 35.5 Å². The van der Waals surface area contributed by atoms with Gasteiger partial charge in [0.1, 0.15) is 5.03 Å². The number of benzene rings is 2. The monoisotopic (exact) mass is 432 g/mol. The Morgan fingerprint density at radius 2 is 1.77 bits per heavy atom. The highest BCUT2D eigenvalue weighted by Crippen LogP contribution is 2.34. The zero-order valence-electron chi connectivity index (χ0n) is 18.3. The molecule has 160 valence electrons. The second kappa shape index (κ2) is 9.52. The minimum atomic E-state index is 0.0161. The maximum atomic E-state index is 12.8. The van der Waals surface area contributed by atoms with Crippen molar-refractivity contribution in [3.63, 3.8) is 0 Å². The number of piperidine rings is 1. The molecular formula is C25H28N4OS. The molecule has 31 heavy (non-hydrogen) atoms. The molecule has 1 amide bonds. The minimum Gasteiger partial charge on any atom is -0.354 e. The van der Waals surface area contributed by atoms with E-state index in [2.05, 4.69) is 71.3 Å². The van der Waals surface area contributed by atoms with E-state index in [1.807, 2.05) is 12.1 Å². The summed E-state index contributed by atoms with van der Waals surface area (Å²) in [5.41, 5.74) is 4.52. The van der Waals surface area contributed by atoms with Gasteiger partial charge in [0.25, 0.3) is 0 Å². The number of hydrogen-bond donors (Lipinski definition) is 1. The van der Waals surface area contributed by atoms with Crippen LogP contribution in [0.5, 0.6) is 0 Å². The van der Waals surface area contributed by atoms with Gasteiger partial charge >= 0.3 is 0 Å². The van der Waals surface area contributed by atoms with Crippen molar-refractivity contribution in [3.8, 4) is 0 Å². The Hall–Kier alpha value is -2.86. The Labute approximate surface area is 188 Å². The lowest BCUT2D eigenvalue weighted by atomic mass is 9.95. The van der Waals surface area contributed by atoms with E-state index in [-0.39, 0.29) is 11.8 Å². The lowest BCUT2D eigenvalue weighted by Crippen LogP contribution is -2.38. The maximum Gasteiger partial charge on any atom is 0.227 e. The van der Waals surface area contributed by atoms with E-state index < -0.39 is 0 Å². The summed E-state index contributed by atoms with van der Waals surface area (Å²) in [6, 6.07) is 14.5. The Balaban J connectivity index is 1.39. The Morgan fingerprint density at radius 3 is 2.52 bits per heavy atom. The van der Waals surface area contributed by atoms with Crippen LogP contribution in [0.15, 0.2) is 64.8 Å². The highest BCUT2D eigenvalue weighted by atomic mass is 32.2. The predicted molar refractivity (Wildman–Crippen MR) is 127 cm³/mol. The SMILES string of the molecule is Cc1cccc(Sc2nccnc2N2CCC(C(=O)Nc3ccc(C)c(C)c3)CC2)c1. The lowest BCUT2D eigenvalue weighted by Gasteiger charge is -2.32. The van der Waals surface area contributed by atoms with E-state index in [4.69, 9.17) is 0 Å². The summed E-state index contributed by atoms with van der Waals surface area (Å²) in [5, 5.41) is 4.00. The zero-order valence-corrected chi connectivity index (χ0v) is 19.1. The molecule has 2 aromatic carbocycles. The number of anilines is 2. The molecule has 4 rings (SSSR count). The number of aromatic nitrogens is 2. The van der Waals surface area contributed by atoms with E-state index in [0.717, 1.165) is 47.4 Å². The van der Waals surface area contributed by atoms with Crippen LogP contribution in [0.4, 0.5) is 11.5 Å². The van der Waals surface area contributed by atoms with Gasteiger partial charge < -0.3 is 10.2 Å². The Bertz CT molecular complexity index is 1080. The second-order valence-corrected chi connectivity index (χ2v) is 9.22. The fourth-order valence-electron chi connectivity index (χ4n) is 3.81. The number of carbonyl (C=O) groups excluding carboxylic acids is 1. The molecule has 3 aromatic rings. The average molecular weight is 433 g/mol. The smallest absolute Gasteiger partial charge is 0.227 e. The van der Waals surface area contributed by atoms with Crippen molar-refractivity contribution in [2.24, 2.45) is 5.92 Å². The molecule has 1 aliphatic rings. The third kappa shape index (κ3) is 5.25. The quantitative estimate of drug-likeness (QED) is 0.584. The number of carbonyl (C=O) groups is 1. The summed E-state index contributed by atoms with van der Waals surface area (Å²) in [7, 11) is 0. The van der Waals surface area contributed by atoms with Gasteiger partial charge in [-0.05, 0) is 69.0 Å². The summed E-state index contributed by atoms with van der Waals surface area (Å²) in [6.45, 7) is 7.83. The molecule has 0 radical (unpaired) electrons. The van der Waals surface area contributed by atoms with Crippen LogP contribution in [0.1, 0.15) is 29.5 Å². The molecule has 0 unspecified atom stereocenters. The van der Waals surface area contributed by atoms with E-state index in [9.17, 15) is 4.79 Å². The van der Waals surface area contributed by atoms with Gasteiger partial charge in [-0.25, -0.2) is 9.97 Å². The number of rotatable bonds is 5. The van der Waals surface area contributed by atoms with Crippen LogP contribution in [0.2, 0.25) is 0 Å². The third-order valence-corrected chi connectivity index (χ3v) is 6.76. The molecule has 0 bridgehead atoms. The molecule has 0 aliphatic carbocycles. The second-order valence-electron chi connectivity index (χ2n) is 8.15. The van der Waals surface area contributed by atoms with E-state index in [0.29, 0.717) is 0 Å². The van der Waals surface area contributed by atoms with Gasteiger partial charge in [0.05, 0.1) is 0 Å². The van der Waals surface area contributed by atoms with Crippen molar-refractivity contribution in [2.45, 2.75) is 43.5 Å². The third-order valence-electron chi connectivity index (χ3n) is 5.79. The van der Waals surface area contributed by atoms with Crippen molar-refractivity contribution < 1.29 is 4.79 Å². The van der Waals surface area contributed by atoms with Gasteiger partial charge in [-0.15, -0.1) is 0 Å². The molecule has 1 aliphatic heterocycles. The largest absolute Gasteiger partial charge is 0.354 e. The number of amides is 1. The normalized spacial score (nSPS) is 14.5. The molecule has 0 spiro atoms. The maximum absolute atomic E-state index is 12.8. The van der Waals surface area contributed by atoms with Crippen LogP contribution >= 0.6 is 11.8 Å². The predicted octanol–water partition coefficient (Wildman–Crippen LogP) is 5.41. The van der Waals surface area contributed by atoms with Gasteiger partial charge in [0.15, 0.2) is 5.82 Å². The van der Waals surface area contributed by atoms with Crippen LogP contribution in [0.3, 0.4) is 0 Å². The molecule has 2 heterocycles. The lowest BCUT2D eigenvalue weighted by molar-refractivity contribution is -0.120. The van der Waals surface area contributed by atoms with Crippen molar-refractivity contribution in [3.05, 3.63) is 71.5 Å². The summed E-state index contributed by atoms with van der Waals surface area (Å²) < 4.78 is 0. The van der Waals surface area contributed by atoms with Crippen molar-refractivity contribution >= 4 is 29.2 Å². The number of aryl methyl sites for hydroxylation is 3. The van der Waals surface area contributed by atoms with Gasteiger partial charge in [0, 0.05) is 42.0 Å². The zero-order chi connectivity index (χ0) is 21.8. The topological polar surface area (TPSA) is 58.1 Å². The summed E-state index contributed by atoms with van der Waals surface area (Å²) in [4.78, 5) is 25.4. The molecule has 0 saturated carbocycles. The van der Waals surface area contributed by atoms with Crippen molar-refractivity contribution in [1.82, 2.24) is 9.97 Å². The van der Waals surface area contributed by atoms with Crippen LogP contribution in [0, 0.1) is 26.7 Å². The molecule has 1 N–H and O–H groups in total. The van der Waals surface area contributed by atoms with Crippen LogP contribution in [-0.4, -0.2) is 29.0 Å². The summed E-state index contributed by atoms with van der Waals surface area (Å²) >= 11 is 1.64. The van der Waals surface area contributed by atoms with Gasteiger partial charge in [-0.2, -0.15) is 0 Å². The Morgan fingerprint density at radius 1 is 1.00 bits per heavy atom. The van der Waals surface area contributed by atoms with Crippen molar-refractivity contribution in [2.75, 3.05) is 23.3 Å². The van der Waals surface area contributed by atoms with Crippen LogP contribution in [-0.2, 0) is 4.79 Å². The number of nitrogens with one attached hydrogen (secondary N) is 1. The molecule has 5 nitrogen and oxygen atoms in total. The van der Waals surface area contributed by atoms with Gasteiger partial charge in [-0.3, -0.25) is 4.79 Å². The standard InChI is InChI=1S/C25H28N4OS/c1-17-5-4-6-22(15-17)31-25-23(26-11-12-27-25)29-13-9-20(10-14-29)24(30)28-21-8-7-18(2)19(3)16-21/h4-8,11-12,15-16,20H,9-10,13-14H2,1-3H3,(H,28,30). The summed E-state index contributed by atoms with van der Waals surface area (Å²) in [5.74, 6) is 1.03. The van der Waals surface area contributed by atoms with E-state index in [1.54, 1.807) is 24.2 Å². The molecule has 1 saturated heterocycles. The molecule has 1 aromatic heterocycles. The first-order valence-electron chi connectivity index (χ1n) is 10.7. The molecule has 1 fully saturated rings. The van der Waals surface area contributed by atoms with E-state index >= 15 is 0 Å². The van der Waals surface area contributed by atoms with Crippen molar-refractivity contribution in [1.29, 1.82) is 0 Å². The van der Waals surface area contributed by atoms with Crippen LogP contribution in [0.25, 0.3) is 0 Å². The fourth-order valence-corrected chi connectivity index (χ4v) is 4.82. The summed E-state index contributed by atoms with van der Waals surface area (Å²) in [6.07, 6.45) is 5.10. The first kappa shape index (κ1) is 21.4. The highest BCUT2D eigenvalue weighted by molar-refractivity contribution is 7.99. The minimum absolute atomic E-state index is 0.0161. The molecular weight excluding hydrogens is 404 g/mol. The molecule has 6 heteroatoms. The van der Waals surface area contributed by atoms with Gasteiger partial charge in [0.2, 0.25) is 5.91 Å². The first-order chi connectivity index (χ1) is 15.0. The van der Waals surface area contributed by atoms with Crippen LogP contribution < -0.4 is 10.2 Å². The number of nitrogens with zero attached hydrogens (tertiary/aromatic N) is 3. The molecule has 0 atom stereocenters. The Kier molecular flexibility index (Phi) is 6.56. The van der Waals surface area contributed by atoms with E-state index in [1.165, 1.54) is 16.7 Å². The first-order valence-corrected chi connectivity index (χ1v) is 11.5. The fraction of sp³-hybridized carbons (Fsp3) is 0.320. The highest BCUT2D eigenvalue weighted by Gasteiger charge is 2.27. The number of hydrogen-bond acceptors (Lipinski definition) is 5.